The topological polar surface area (TPSA) is 67.1 Å². The van der Waals surface area contributed by atoms with Gasteiger partial charge in [0.15, 0.2) is 0 Å². The number of nitrogens with one attached hydrogen (secondary N) is 2. The van der Waals surface area contributed by atoms with Gasteiger partial charge in [0, 0.05) is 18.7 Å². The lowest BCUT2D eigenvalue weighted by atomic mass is 10.1. The normalized spacial score (nSPS) is 13.9. The first kappa shape index (κ1) is 8.22. The Morgan fingerprint density at radius 1 is 1.38 bits per heavy atom. The Kier molecular flexibility index (Phi) is 2.00. The number of rotatable bonds is 1. The molecule has 1 aromatic rings. The van der Waals surface area contributed by atoms with Crippen molar-refractivity contribution in [3.05, 3.63) is 34.9 Å². The third kappa shape index (κ3) is 1.41. The standard InChI is InChI=1S/C9H11N3O/c10-12-9(13)6-1-2-7-4-11-5-8(7)3-6/h1-3,11H,4-5,10H2,(H,12,13). The molecule has 0 saturated carbocycles. The molecule has 0 atom stereocenters. The van der Waals surface area contributed by atoms with Crippen molar-refractivity contribution in [1.82, 2.24) is 10.7 Å². The Balaban J connectivity index is 2.36. The van der Waals surface area contributed by atoms with Crippen molar-refractivity contribution in [2.24, 2.45) is 5.84 Å². The lowest BCUT2D eigenvalue weighted by Gasteiger charge is -2.02. The molecule has 1 amide bonds. The molecule has 0 unspecified atom stereocenters. The zero-order valence-electron chi connectivity index (χ0n) is 7.13. The summed E-state index contributed by atoms with van der Waals surface area (Å²) in [6.07, 6.45) is 0. The van der Waals surface area contributed by atoms with Crippen molar-refractivity contribution in [1.29, 1.82) is 0 Å². The molecule has 4 N–H and O–H groups in total. The molecule has 68 valence electrons. The van der Waals surface area contributed by atoms with Crippen LogP contribution in [0, 0.1) is 0 Å². The maximum Gasteiger partial charge on any atom is 0.265 e. The molecule has 1 aliphatic heterocycles. The van der Waals surface area contributed by atoms with Gasteiger partial charge in [-0.05, 0) is 23.3 Å². The van der Waals surface area contributed by atoms with Crippen LogP contribution in [-0.2, 0) is 13.1 Å². The third-order valence-corrected chi connectivity index (χ3v) is 2.23. The molecule has 0 spiro atoms. The van der Waals surface area contributed by atoms with Crippen LogP contribution in [0.5, 0.6) is 0 Å². The van der Waals surface area contributed by atoms with Gasteiger partial charge < -0.3 is 5.32 Å². The summed E-state index contributed by atoms with van der Waals surface area (Å²) in [5, 5.41) is 3.21. The molecular weight excluding hydrogens is 166 g/mol. The molecule has 4 nitrogen and oxygen atoms in total. The lowest BCUT2D eigenvalue weighted by molar-refractivity contribution is 0.0953. The minimum Gasteiger partial charge on any atom is -0.309 e. The molecule has 13 heavy (non-hydrogen) atoms. The van der Waals surface area contributed by atoms with Crippen molar-refractivity contribution >= 4 is 5.91 Å². The summed E-state index contributed by atoms with van der Waals surface area (Å²) in [6.45, 7) is 1.72. The molecule has 0 fully saturated rings. The van der Waals surface area contributed by atoms with Crippen LogP contribution in [0.25, 0.3) is 0 Å². The van der Waals surface area contributed by atoms with E-state index >= 15 is 0 Å². The number of amides is 1. The number of carbonyl (C=O) groups excluding carboxylic acids is 1. The predicted molar refractivity (Wildman–Crippen MR) is 48.6 cm³/mol. The number of carbonyl (C=O) groups is 1. The van der Waals surface area contributed by atoms with Gasteiger partial charge in [0.2, 0.25) is 0 Å². The van der Waals surface area contributed by atoms with Gasteiger partial charge in [0.05, 0.1) is 0 Å². The van der Waals surface area contributed by atoms with Crippen LogP contribution >= 0.6 is 0 Å². The number of nitrogens with two attached hydrogens (primary N) is 1. The predicted octanol–water partition coefficient (Wildman–Crippen LogP) is -0.107. The monoisotopic (exact) mass is 177 g/mol. The number of hydrogen-bond donors (Lipinski definition) is 3. The molecule has 2 rings (SSSR count). The summed E-state index contributed by atoms with van der Waals surface area (Å²) in [5.41, 5.74) is 5.17. The minimum absolute atomic E-state index is 0.241. The van der Waals surface area contributed by atoms with E-state index in [1.165, 1.54) is 11.1 Å². The third-order valence-electron chi connectivity index (χ3n) is 2.23. The minimum atomic E-state index is -0.241. The van der Waals surface area contributed by atoms with Crippen LogP contribution in [0.15, 0.2) is 18.2 Å². The van der Waals surface area contributed by atoms with Crippen LogP contribution in [-0.4, -0.2) is 5.91 Å². The Hall–Kier alpha value is -1.39. The first-order chi connectivity index (χ1) is 6.31. The van der Waals surface area contributed by atoms with Gasteiger partial charge in [-0.15, -0.1) is 0 Å². The molecule has 0 aromatic heterocycles. The van der Waals surface area contributed by atoms with E-state index in [-0.39, 0.29) is 5.91 Å². The maximum absolute atomic E-state index is 11.2. The summed E-state index contributed by atoms with van der Waals surface area (Å²) in [6, 6.07) is 5.62. The fraction of sp³-hybridized carbons (Fsp3) is 0.222. The van der Waals surface area contributed by atoms with E-state index in [9.17, 15) is 4.79 Å². The van der Waals surface area contributed by atoms with Crippen LogP contribution in [0.4, 0.5) is 0 Å². The van der Waals surface area contributed by atoms with Crippen LogP contribution < -0.4 is 16.6 Å². The van der Waals surface area contributed by atoms with Gasteiger partial charge >= 0.3 is 0 Å². The quantitative estimate of drug-likeness (QED) is 0.318. The van der Waals surface area contributed by atoms with Crippen molar-refractivity contribution in [3.63, 3.8) is 0 Å². The highest BCUT2D eigenvalue weighted by atomic mass is 16.2. The molecule has 0 aliphatic carbocycles. The molecular formula is C9H11N3O. The Labute approximate surface area is 76.1 Å². The Morgan fingerprint density at radius 2 is 2.15 bits per heavy atom. The van der Waals surface area contributed by atoms with Gasteiger partial charge in [0.25, 0.3) is 5.91 Å². The summed E-state index contributed by atoms with van der Waals surface area (Å²) in [7, 11) is 0. The second-order valence-corrected chi connectivity index (χ2v) is 3.06. The number of fused-ring (bicyclic) bond motifs is 1. The number of hydrogen-bond acceptors (Lipinski definition) is 3. The van der Waals surface area contributed by atoms with E-state index in [0.29, 0.717) is 5.56 Å². The highest BCUT2D eigenvalue weighted by Crippen LogP contribution is 2.16. The SMILES string of the molecule is NNC(=O)c1ccc2c(c1)CNC2. The maximum atomic E-state index is 11.2. The van der Waals surface area contributed by atoms with Crippen molar-refractivity contribution in [2.75, 3.05) is 0 Å². The van der Waals surface area contributed by atoms with Crippen molar-refractivity contribution in [3.8, 4) is 0 Å². The Bertz CT molecular complexity index is 349. The van der Waals surface area contributed by atoms with Crippen LogP contribution in [0.3, 0.4) is 0 Å². The molecule has 4 heteroatoms. The summed E-state index contributed by atoms with van der Waals surface area (Å²) in [4.78, 5) is 11.2. The van der Waals surface area contributed by atoms with Gasteiger partial charge in [-0.2, -0.15) is 0 Å². The molecule has 1 aliphatic rings. The van der Waals surface area contributed by atoms with Gasteiger partial charge in [0.1, 0.15) is 0 Å². The van der Waals surface area contributed by atoms with Gasteiger partial charge in [-0.1, -0.05) is 6.07 Å². The summed E-state index contributed by atoms with van der Waals surface area (Å²) < 4.78 is 0. The highest BCUT2D eigenvalue weighted by Gasteiger charge is 2.12. The average Bonchev–Trinajstić information content (AvgIpc) is 2.63. The first-order valence-corrected chi connectivity index (χ1v) is 4.15. The van der Waals surface area contributed by atoms with Crippen molar-refractivity contribution < 1.29 is 4.79 Å². The summed E-state index contributed by atoms with van der Waals surface area (Å²) >= 11 is 0. The van der Waals surface area contributed by atoms with E-state index in [1.54, 1.807) is 6.07 Å². The number of nitrogen functional groups attached to an aromatic ring is 1. The fourth-order valence-corrected chi connectivity index (χ4v) is 1.52. The van der Waals surface area contributed by atoms with Crippen LogP contribution in [0.1, 0.15) is 21.5 Å². The zero-order chi connectivity index (χ0) is 9.26. The molecule has 0 radical (unpaired) electrons. The second kappa shape index (κ2) is 3.16. The zero-order valence-corrected chi connectivity index (χ0v) is 7.13. The van der Waals surface area contributed by atoms with Crippen LogP contribution in [0.2, 0.25) is 0 Å². The molecule has 1 heterocycles. The summed E-state index contributed by atoms with van der Waals surface area (Å²) in [5.74, 6) is 4.79. The van der Waals surface area contributed by atoms with E-state index in [2.05, 4.69) is 10.7 Å². The average molecular weight is 177 g/mol. The van der Waals surface area contributed by atoms with Gasteiger partial charge in [-0.3, -0.25) is 10.2 Å². The van der Waals surface area contributed by atoms with E-state index in [4.69, 9.17) is 5.84 Å². The van der Waals surface area contributed by atoms with E-state index in [0.717, 1.165) is 13.1 Å². The molecule has 0 bridgehead atoms. The number of benzene rings is 1. The Morgan fingerprint density at radius 3 is 2.92 bits per heavy atom. The van der Waals surface area contributed by atoms with Gasteiger partial charge in [-0.25, -0.2) is 5.84 Å². The first-order valence-electron chi connectivity index (χ1n) is 4.15. The highest BCUT2D eigenvalue weighted by molar-refractivity contribution is 5.94. The largest absolute Gasteiger partial charge is 0.309 e. The smallest absolute Gasteiger partial charge is 0.265 e. The van der Waals surface area contributed by atoms with E-state index < -0.39 is 0 Å². The second-order valence-electron chi connectivity index (χ2n) is 3.06. The fourth-order valence-electron chi connectivity index (χ4n) is 1.52. The van der Waals surface area contributed by atoms with Crippen molar-refractivity contribution in [2.45, 2.75) is 13.1 Å². The van der Waals surface area contributed by atoms with E-state index in [1.807, 2.05) is 12.1 Å². The lowest BCUT2D eigenvalue weighted by Crippen LogP contribution is -2.30. The molecule has 1 aromatic carbocycles. The molecule has 0 saturated heterocycles. The number of hydrazine groups is 1.